The summed E-state index contributed by atoms with van der Waals surface area (Å²) >= 11 is 1.45. The SMILES string of the molecule is COc1ccc([C@@H]2C3=C(N=c4s/c(=C/c5c(C)[nH]c6ccccc56)c(=O)n42)c2ccccc2CC3)cc1OC. The number of aryl methyl sites for hydroxylation is 2. The molecule has 0 amide bonds. The molecule has 0 spiro atoms. The molecule has 39 heavy (non-hydrogen) atoms. The average Bonchev–Trinajstić information content (AvgIpc) is 3.46. The number of hydrogen-bond acceptors (Lipinski definition) is 5. The van der Waals surface area contributed by atoms with Crippen LogP contribution in [0.4, 0.5) is 0 Å². The highest BCUT2D eigenvalue weighted by Crippen LogP contribution is 2.42. The van der Waals surface area contributed by atoms with Crippen molar-refractivity contribution < 1.29 is 9.47 Å². The number of benzene rings is 3. The van der Waals surface area contributed by atoms with Gasteiger partial charge >= 0.3 is 0 Å². The van der Waals surface area contributed by atoms with E-state index < -0.39 is 0 Å². The van der Waals surface area contributed by atoms with Crippen molar-refractivity contribution in [1.29, 1.82) is 0 Å². The summed E-state index contributed by atoms with van der Waals surface area (Å²) in [6.45, 7) is 2.05. The summed E-state index contributed by atoms with van der Waals surface area (Å²) in [5, 5.41) is 1.10. The molecule has 2 aromatic heterocycles. The zero-order chi connectivity index (χ0) is 26.7. The van der Waals surface area contributed by atoms with Crippen molar-refractivity contribution in [2.24, 2.45) is 4.99 Å². The first-order valence-electron chi connectivity index (χ1n) is 13.0. The number of aromatic nitrogens is 2. The molecule has 1 aliphatic carbocycles. The molecule has 0 bridgehead atoms. The second-order valence-corrected chi connectivity index (χ2v) is 10.9. The van der Waals surface area contributed by atoms with Crippen LogP contribution in [0, 0.1) is 6.92 Å². The molecule has 194 valence electrons. The van der Waals surface area contributed by atoms with Crippen molar-refractivity contribution >= 4 is 34.0 Å². The third-order valence-corrected chi connectivity index (χ3v) is 8.80. The summed E-state index contributed by atoms with van der Waals surface area (Å²) < 4.78 is 13.7. The predicted molar refractivity (Wildman–Crippen MR) is 155 cm³/mol. The second kappa shape index (κ2) is 9.13. The average molecular weight is 534 g/mol. The number of fused-ring (bicyclic) bond motifs is 4. The molecular weight excluding hydrogens is 506 g/mol. The molecule has 3 aromatic carbocycles. The van der Waals surface area contributed by atoms with E-state index in [1.54, 1.807) is 14.2 Å². The van der Waals surface area contributed by atoms with Crippen LogP contribution in [0.3, 0.4) is 0 Å². The number of thiazole rings is 1. The van der Waals surface area contributed by atoms with Gasteiger partial charge in [0.1, 0.15) is 0 Å². The molecular formula is C32H27N3O3S. The van der Waals surface area contributed by atoms with E-state index >= 15 is 0 Å². The zero-order valence-corrected chi connectivity index (χ0v) is 22.8. The van der Waals surface area contributed by atoms with Gasteiger partial charge in [-0.2, -0.15) is 0 Å². The molecule has 6 nitrogen and oxygen atoms in total. The topological polar surface area (TPSA) is 68.6 Å². The molecule has 0 unspecified atom stereocenters. The highest BCUT2D eigenvalue weighted by atomic mass is 32.1. The van der Waals surface area contributed by atoms with E-state index in [9.17, 15) is 4.79 Å². The molecule has 3 heterocycles. The van der Waals surface area contributed by atoms with Gasteiger partial charge in [-0.3, -0.25) is 9.36 Å². The third kappa shape index (κ3) is 3.68. The lowest BCUT2D eigenvalue weighted by molar-refractivity contribution is 0.354. The van der Waals surface area contributed by atoms with Crippen LogP contribution >= 0.6 is 11.3 Å². The number of rotatable bonds is 4. The fraction of sp³-hybridized carbons (Fsp3) is 0.188. The molecule has 7 heteroatoms. The summed E-state index contributed by atoms with van der Waals surface area (Å²) in [6, 6.07) is 22.3. The monoisotopic (exact) mass is 533 g/mol. The molecule has 0 radical (unpaired) electrons. The maximum Gasteiger partial charge on any atom is 0.271 e. The van der Waals surface area contributed by atoms with Crippen molar-refractivity contribution in [2.45, 2.75) is 25.8 Å². The van der Waals surface area contributed by atoms with Gasteiger partial charge in [0.05, 0.1) is 30.5 Å². The minimum Gasteiger partial charge on any atom is -0.493 e. The Morgan fingerprint density at radius 3 is 2.64 bits per heavy atom. The predicted octanol–water partition coefficient (Wildman–Crippen LogP) is 5.13. The Hall–Kier alpha value is -4.36. The number of allylic oxidation sites excluding steroid dienone is 1. The molecule has 1 atom stereocenters. The van der Waals surface area contributed by atoms with Gasteiger partial charge in [-0.05, 0) is 60.7 Å². The van der Waals surface area contributed by atoms with Gasteiger partial charge in [-0.1, -0.05) is 59.9 Å². The zero-order valence-electron chi connectivity index (χ0n) is 21.9. The highest BCUT2D eigenvalue weighted by Gasteiger charge is 2.33. The maximum absolute atomic E-state index is 14.2. The Balaban J connectivity index is 1.50. The van der Waals surface area contributed by atoms with Crippen LogP contribution in [0.25, 0.3) is 22.7 Å². The van der Waals surface area contributed by atoms with E-state index in [4.69, 9.17) is 14.5 Å². The van der Waals surface area contributed by atoms with Crippen molar-refractivity contribution in [3.05, 3.63) is 120 Å². The van der Waals surface area contributed by atoms with E-state index in [1.165, 1.54) is 16.9 Å². The number of hydrogen-bond donors (Lipinski definition) is 1. The van der Waals surface area contributed by atoms with Gasteiger partial charge in [-0.25, -0.2) is 4.99 Å². The quantitative estimate of drug-likeness (QED) is 0.349. The summed E-state index contributed by atoms with van der Waals surface area (Å²) in [7, 11) is 3.27. The van der Waals surface area contributed by atoms with Crippen molar-refractivity contribution in [3.63, 3.8) is 0 Å². The van der Waals surface area contributed by atoms with Crippen LogP contribution in [0.5, 0.6) is 11.5 Å². The van der Waals surface area contributed by atoms with E-state index in [2.05, 4.69) is 41.4 Å². The Labute approximate surface area is 229 Å². The van der Waals surface area contributed by atoms with Crippen molar-refractivity contribution in [1.82, 2.24) is 9.55 Å². The lowest BCUT2D eigenvalue weighted by Crippen LogP contribution is -2.38. The van der Waals surface area contributed by atoms with E-state index in [0.29, 0.717) is 20.8 Å². The standard InChI is InChI=1S/C32H27N3O3S/c1-18-24(22-10-6-7-11-25(22)33-18)17-28-31(36)35-30(20-13-15-26(37-2)27(16-20)38-3)23-14-12-19-8-4-5-9-21(19)29(23)34-32(35)39-28/h4-11,13,15-17,30,33H,12,14H2,1-3H3/b28-17+/t30-/m1/s1. The molecule has 7 rings (SSSR count). The molecule has 2 aliphatic rings. The fourth-order valence-corrected chi connectivity index (χ4v) is 6.94. The van der Waals surface area contributed by atoms with E-state index in [-0.39, 0.29) is 11.6 Å². The molecule has 5 aromatic rings. The summed E-state index contributed by atoms with van der Waals surface area (Å²) in [6.07, 6.45) is 3.76. The van der Waals surface area contributed by atoms with Gasteiger partial charge in [0, 0.05) is 27.7 Å². The van der Waals surface area contributed by atoms with E-state index in [0.717, 1.165) is 57.4 Å². The molecule has 0 fully saturated rings. The largest absolute Gasteiger partial charge is 0.493 e. The van der Waals surface area contributed by atoms with Gasteiger partial charge in [0.15, 0.2) is 16.3 Å². The Bertz CT molecular complexity index is 1990. The highest BCUT2D eigenvalue weighted by molar-refractivity contribution is 7.07. The van der Waals surface area contributed by atoms with Gasteiger partial charge in [-0.15, -0.1) is 0 Å². The van der Waals surface area contributed by atoms with Crippen LogP contribution in [-0.4, -0.2) is 23.8 Å². The number of methoxy groups -OCH3 is 2. The van der Waals surface area contributed by atoms with Gasteiger partial charge in [0.2, 0.25) is 0 Å². The molecule has 1 N–H and O–H groups in total. The number of aromatic amines is 1. The molecule has 1 aliphatic heterocycles. The number of ether oxygens (including phenoxy) is 2. The summed E-state index contributed by atoms with van der Waals surface area (Å²) in [5.74, 6) is 1.30. The lowest BCUT2D eigenvalue weighted by Gasteiger charge is -2.31. The first kappa shape index (κ1) is 23.7. The van der Waals surface area contributed by atoms with Crippen LogP contribution in [0.1, 0.15) is 40.4 Å². The van der Waals surface area contributed by atoms with Crippen LogP contribution in [0.15, 0.2) is 82.1 Å². The normalized spacial score (nSPS) is 16.5. The number of para-hydroxylation sites is 1. The smallest absolute Gasteiger partial charge is 0.271 e. The molecule has 0 saturated carbocycles. The first-order valence-corrected chi connectivity index (χ1v) is 13.8. The van der Waals surface area contributed by atoms with Crippen molar-refractivity contribution in [2.75, 3.05) is 14.2 Å². The summed E-state index contributed by atoms with van der Waals surface area (Å²) in [4.78, 5) is 23.4. The van der Waals surface area contributed by atoms with Crippen molar-refractivity contribution in [3.8, 4) is 11.5 Å². The minimum atomic E-state index is -0.282. The van der Waals surface area contributed by atoms with Gasteiger partial charge < -0.3 is 14.5 Å². The number of nitrogens with one attached hydrogen (secondary N) is 1. The summed E-state index contributed by atoms with van der Waals surface area (Å²) in [5.41, 5.74) is 8.65. The Kier molecular flexibility index (Phi) is 5.56. The Morgan fingerprint density at radius 2 is 1.79 bits per heavy atom. The van der Waals surface area contributed by atoms with Crippen LogP contribution in [0.2, 0.25) is 0 Å². The number of H-pyrrole nitrogens is 1. The van der Waals surface area contributed by atoms with Crippen LogP contribution < -0.4 is 24.4 Å². The van der Waals surface area contributed by atoms with Crippen LogP contribution in [-0.2, 0) is 6.42 Å². The fourth-order valence-electron chi connectivity index (χ4n) is 5.96. The minimum absolute atomic E-state index is 0.0337. The maximum atomic E-state index is 14.2. The van der Waals surface area contributed by atoms with E-state index in [1.807, 2.05) is 47.9 Å². The van der Waals surface area contributed by atoms with Gasteiger partial charge in [0.25, 0.3) is 5.56 Å². The molecule has 0 saturated heterocycles. The second-order valence-electron chi connectivity index (χ2n) is 9.94. The third-order valence-electron chi connectivity index (χ3n) is 7.82. The Morgan fingerprint density at radius 1 is 1.00 bits per heavy atom. The lowest BCUT2D eigenvalue weighted by atomic mass is 9.83. The first-order chi connectivity index (χ1) is 19.1. The number of nitrogens with zero attached hydrogens (tertiary/aromatic N) is 2.